The Bertz CT molecular complexity index is 498. The van der Waals surface area contributed by atoms with Crippen molar-refractivity contribution in [1.29, 1.82) is 0 Å². The quantitative estimate of drug-likeness (QED) is 0.433. The Hall–Kier alpha value is -1.32. The Kier molecular flexibility index (Phi) is 8.35. The highest BCUT2D eigenvalue weighted by Gasteiger charge is 2.19. The third kappa shape index (κ3) is 6.36. The van der Waals surface area contributed by atoms with Crippen LogP contribution in [0, 0.1) is 0 Å². The van der Waals surface area contributed by atoms with Crippen molar-refractivity contribution in [1.82, 2.24) is 20.3 Å². The van der Waals surface area contributed by atoms with Gasteiger partial charge in [0, 0.05) is 33.3 Å². The number of nitrogens with one attached hydrogen (secondary N) is 1. The van der Waals surface area contributed by atoms with Crippen molar-refractivity contribution in [2.75, 3.05) is 27.7 Å². The molecule has 1 amide bonds. The first-order chi connectivity index (χ1) is 10.6. The highest BCUT2D eigenvalue weighted by atomic mass is 127. The first kappa shape index (κ1) is 19.7. The van der Waals surface area contributed by atoms with E-state index in [2.05, 4.69) is 15.5 Å². The van der Waals surface area contributed by atoms with Crippen LogP contribution in [0.15, 0.2) is 21.8 Å². The van der Waals surface area contributed by atoms with E-state index in [-0.39, 0.29) is 36.4 Å². The summed E-state index contributed by atoms with van der Waals surface area (Å²) in [5.74, 6) is 0.727. The van der Waals surface area contributed by atoms with Gasteiger partial charge in [-0.15, -0.1) is 24.0 Å². The molecule has 1 heterocycles. The van der Waals surface area contributed by atoms with E-state index >= 15 is 0 Å². The molecule has 8 heteroatoms. The SMILES string of the molecule is CN(C)C(=O)CN=C(NC1CCCC1)N(C)Cc1ccon1.I. The second-order valence-electron chi connectivity index (χ2n) is 5.90. The summed E-state index contributed by atoms with van der Waals surface area (Å²) in [5.41, 5.74) is 0.836. The molecule has 0 bridgehead atoms. The molecule has 1 saturated carbocycles. The molecule has 0 spiro atoms. The van der Waals surface area contributed by atoms with Gasteiger partial charge in [0.25, 0.3) is 0 Å². The van der Waals surface area contributed by atoms with Crippen LogP contribution in [0.1, 0.15) is 31.4 Å². The van der Waals surface area contributed by atoms with Crippen molar-refractivity contribution >= 4 is 35.8 Å². The Morgan fingerprint density at radius 3 is 2.65 bits per heavy atom. The standard InChI is InChI=1S/C15H25N5O2.HI/c1-19(2)14(21)10-16-15(17-12-6-4-5-7-12)20(3)11-13-8-9-22-18-13;/h8-9,12H,4-7,10-11H2,1-3H3,(H,16,17);1H. The number of halogens is 1. The van der Waals surface area contributed by atoms with Crippen LogP contribution in [0.4, 0.5) is 0 Å². The topological polar surface area (TPSA) is 74.0 Å². The Balaban J connectivity index is 0.00000264. The zero-order valence-corrected chi connectivity index (χ0v) is 16.3. The lowest BCUT2D eigenvalue weighted by molar-refractivity contribution is -0.127. The van der Waals surface area contributed by atoms with E-state index in [1.807, 2.05) is 18.0 Å². The summed E-state index contributed by atoms with van der Waals surface area (Å²) in [6.07, 6.45) is 6.35. The number of guanidine groups is 1. The van der Waals surface area contributed by atoms with E-state index in [0.29, 0.717) is 12.6 Å². The summed E-state index contributed by atoms with van der Waals surface area (Å²) in [4.78, 5) is 19.8. The van der Waals surface area contributed by atoms with Crippen molar-refractivity contribution in [3.8, 4) is 0 Å². The zero-order chi connectivity index (χ0) is 15.9. The molecule has 0 unspecified atom stereocenters. The van der Waals surface area contributed by atoms with E-state index < -0.39 is 0 Å². The fourth-order valence-electron chi connectivity index (χ4n) is 2.45. The molecular formula is C15H26IN5O2. The molecule has 0 atom stereocenters. The number of rotatable bonds is 5. The summed E-state index contributed by atoms with van der Waals surface area (Å²) >= 11 is 0. The summed E-state index contributed by atoms with van der Waals surface area (Å²) < 4.78 is 4.86. The van der Waals surface area contributed by atoms with Gasteiger partial charge in [-0.25, -0.2) is 4.99 Å². The van der Waals surface area contributed by atoms with Gasteiger partial charge in [0.15, 0.2) is 5.96 Å². The van der Waals surface area contributed by atoms with Crippen molar-refractivity contribution in [2.24, 2.45) is 4.99 Å². The van der Waals surface area contributed by atoms with Gasteiger partial charge in [-0.1, -0.05) is 18.0 Å². The molecule has 0 saturated heterocycles. The largest absolute Gasteiger partial charge is 0.364 e. The number of carbonyl (C=O) groups excluding carboxylic acids is 1. The number of aromatic nitrogens is 1. The van der Waals surface area contributed by atoms with Gasteiger partial charge in [-0.3, -0.25) is 4.79 Å². The van der Waals surface area contributed by atoms with Gasteiger partial charge < -0.3 is 19.6 Å². The van der Waals surface area contributed by atoms with Gasteiger partial charge >= 0.3 is 0 Å². The van der Waals surface area contributed by atoms with Crippen LogP contribution < -0.4 is 5.32 Å². The highest BCUT2D eigenvalue weighted by Crippen LogP contribution is 2.18. The molecule has 0 aromatic carbocycles. The van der Waals surface area contributed by atoms with Crippen LogP contribution in [0.2, 0.25) is 0 Å². The van der Waals surface area contributed by atoms with Gasteiger partial charge in [0.2, 0.25) is 5.91 Å². The van der Waals surface area contributed by atoms with E-state index in [4.69, 9.17) is 4.52 Å². The van der Waals surface area contributed by atoms with Crippen LogP contribution >= 0.6 is 24.0 Å². The molecule has 1 fully saturated rings. The average Bonchev–Trinajstić information content (AvgIpc) is 3.15. The number of likely N-dealkylation sites (N-methyl/N-ethyl adjacent to an activating group) is 1. The molecule has 0 aliphatic heterocycles. The summed E-state index contributed by atoms with van der Waals surface area (Å²) in [6.45, 7) is 0.733. The van der Waals surface area contributed by atoms with Gasteiger partial charge in [0.1, 0.15) is 18.5 Å². The van der Waals surface area contributed by atoms with Crippen LogP contribution in [-0.2, 0) is 11.3 Å². The molecule has 2 rings (SSSR count). The summed E-state index contributed by atoms with van der Waals surface area (Å²) in [7, 11) is 5.41. The molecule has 23 heavy (non-hydrogen) atoms. The van der Waals surface area contributed by atoms with Crippen LogP contribution in [0.5, 0.6) is 0 Å². The Morgan fingerprint density at radius 2 is 2.09 bits per heavy atom. The molecule has 1 aromatic heterocycles. The van der Waals surface area contributed by atoms with Crippen LogP contribution in [0.3, 0.4) is 0 Å². The summed E-state index contributed by atoms with van der Waals surface area (Å²) in [6, 6.07) is 2.27. The maximum atomic E-state index is 11.8. The predicted octanol–water partition coefficient (Wildman–Crippen LogP) is 1.70. The fourth-order valence-corrected chi connectivity index (χ4v) is 2.45. The fraction of sp³-hybridized carbons (Fsp3) is 0.667. The average molecular weight is 435 g/mol. The van der Waals surface area contributed by atoms with Gasteiger partial charge in [-0.2, -0.15) is 0 Å². The predicted molar refractivity (Wildman–Crippen MR) is 99.8 cm³/mol. The maximum Gasteiger partial charge on any atom is 0.243 e. The van der Waals surface area contributed by atoms with E-state index in [0.717, 1.165) is 24.5 Å². The lowest BCUT2D eigenvalue weighted by Gasteiger charge is -2.24. The van der Waals surface area contributed by atoms with Crippen LogP contribution in [0.25, 0.3) is 0 Å². The lowest BCUT2D eigenvalue weighted by Crippen LogP contribution is -2.43. The number of hydrogen-bond acceptors (Lipinski definition) is 4. The minimum atomic E-state index is -0.0134. The summed E-state index contributed by atoms with van der Waals surface area (Å²) in [5, 5.41) is 7.39. The Labute approximate surface area is 154 Å². The first-order valence-corrected chi connectivity index (χ1v) is 7.68. The van der Waals surface area contributed by atoms with Crippen molar-refractivity contribution in [3.63, 3.8) is 0 Å². The minimum Gasteiger partial charge on any atom is -0.364 e. The maximum absolute atomic E-state index is 11.8. The third-order valence-corrected chi connectivity index (χ3v) is 3.80. The molecular weight excluding hydrogens is 409 g/mol. The number of carbonyl (C=O) groups is 1. The number of nitrogens with zero attached hydrogens (tertiary/aromatic N) is 4. The number of hydrogen-bond donors (Lipinski definition) is 1. The zero-order valence-electron chi connectivity index (χ0n) is 14.0. The van der Waals surface area contributed by atoms with Crippen molar-refractivity contribution < 1.29 is 9.32 Å². The van der Waals surface area contributed by atoms with E-state index in [1.54, 1.807) is 25.3 Å². The molecule has 1 aliphatic carbocycles. The lowest BCUT2D eigenvalue weighted by atomic mass is 10.2. The normalized spacial score (nSPS) is 15.2. The van der Waals surface area contributed by atoms with Gasteiger partial charge in [-0.05, 0) is 12.8 Å². The van der Waals surface area contributed by atoms with Crippen molar-refractivity contribution in [3.05, 3.63) is 18.0 Å². The van der Waals surface area contributed by atoms with Crippen molar-refractivity contribution in [2.45, 2.75) is 38.3 Å². The molecule has 7 nitrogen and oxygen atoms in total. The van der Waals surface area contributed by atoms with E-state index in [1.165, 1.54) is 12.8 Å². The van der Waals surface area contributed by atoms with E-state index in [9.17, 15) is 4.79 Å². The highest BCUT2D eigenvalue weighted by molar-refractivity contribution is 14.0. The monoisotopic (exact) mass is 435 g/mol. The van der Waals surface area contributed by atoms with Gasteiger partial charge in [0.05, 0.1) is 6.54 Å². The molecule has 1 N–H and O–H groups in total. The minimum absolute atomic E-state index is 0. The third-order valence-electron chi connectivity index (χ3n) is 3.80. The second-order valence-corrected chi connectivity index (χ2v) is 5.90. The second kappa shape index (κ2) is 9.74. The smallest absolute Gasteiger partial charge is 0.243 e. The Morgan fingerprint density at radius 1 is 1.39 bits per heavy atom. The number of aliphatic imine (C=N–C) groups is 1. The first-order valence-electron chi connectivity index (χ1n) is 7.68. The molecule has 0 radical (unpaired) electrons. The molecule has 1 aromatic rings. The van der Waals surface area contributed by atoms with Crippen LogP contribution in [-0.4, -0.2) is 60.6 Å². The molecule has 1 aliphatic rings. The number of amides is 1. The molecule has 130 valence electrons.